The van der Waals surface area contributed by atoms with E-state index < -0.39 is 0 Å². The molecule has 0 aromatic rings. The van der Waals surface area contributed by atoms with Gasteiger partial charge in [-0.25, -0.2) is 0 Å². The smallest absolute Gasteiger partial charge is 0.220 e. The van der Waals surface area contributed by atoms with Crippen molar-refractivity contribution in [1.29, 1.82) is 0 Å². The molecule has 0 aromatic heterocycles. The number of carbonyl (C=O) groups excluding carboxylic acids is 1. The fourth-order valence-corrected chi connectivity index (χ4v) is 1.55. The number of unbranched alkanes of at least 4 members (excludes halogenated alkanes) is 2. The van der Waals surface area contributed by atoms with Crippen LogP contribution in [0.5, 0.6) is 0 Å². The van der Waals surface area contributed by atoms with Gasteiger partial charge in [-0.1, -0.05) is 42.6 Å². The topological polar surface area (TPSA) is 29.1 Å². The average Bonchev–Trinajstić information content (AvgIpc) is 2.17. The Morgan fingerprint density at radius 3 is 2.64 bits per heavy atom. The number of carbonyl (C=O) groups is 1. The molecule has 84 valence electrons. The fourth-order valence-electron chi connectivity index (χ4n) is 1.16. The van der Waals surface area contributed by atoms with E-state index in [1.807, 2.05) is 0 Å². The first-order valence-corrected chi connectivity index (χ1v) is 6.65. The van der Waals surface area contributed by atoms with Crippen molar-refractivity contribution in [2.24, 2.45) is 5.92 Å². The molecule has 0 fully saturated rings. The number of alkyl halides is 1. The highest BCUT2D eigenvalue weighted by Crippen LogP contribution is 2.05. The van der Waals surface area contributed by atoms with Crippen molar-refractivity contribution in [3.05, 3.63) is 0 Å². The zero-order valence-corrected chi connectivity index (χ0v) is 10.9. The van der Waals surface area contributed by atoms with Gasteiger partial charge in [0.05, 0.1) is 0 Å². The zero-order chi connectivity index (χ0) is 10.8. The number of halogens is 1. The minimum absolute atomic E-state index is 0.207. The first-order valence-electron chi connectivity index (χ1n) is 5.53. The third-order valence-corrected chi connectivity index (χ3v) is 2.92. The van der Waals surface area contributed by atoms with Crippen LogP contribution in [0.3, 0.4) is 0 Å². The maximum Gasteiger partial charge on any atom is 0.220 e. The van der Waals surface area contributed by atoms with Gasteiger partial charge in [0, 0.05) is 18.3 Å². The summed E-state index contributed by atoms with van der Waals surface area (Å²) in [4.78, 5) is 11.3. The standard InChI is InChI=1S/C11H22BrNO/c1-3-10(2)9-11(14)13-8-6-4-5-7-12/h10H,3-9H2,1-2H3,(H,13,14). The predicted octanol–water partition coefficient (Wildman–Crippen LogP) is 3.10. The van der Waals surface area contributed by atoms with E-state index in [9.17, 15) is 4.79 Å². The molecule has 1 amide bonds. The molecule has 1 unspecified atom stereocenters. The van der Waals surface area contributed by atoms with Gasteiger partial charge >= 0.3 is 0 Å². The monoisotopic (exact) mass is 263 g/mol. The van der Waals surface area contributed by atoms with Crippen LogP contribution >= 0.6 is 15.9 Å². The summed E-state index contributed by atoms with van der Waals surface area (Å²) in [5.74, 6) is 0.718. The molecule has 3 heteroatoms. The summed E-state index contributed by atoms with van der Waals surface area (Å²) in [7, 11) is 0. The van der Waals surface area contributed by atoms with E-state index in [2.05, 4.69) is 35.1 Å². The van der Waals surface area contributed by atoms with E-state index in [1.54, 1.807) is 0 Å². The lowest BCUT2D eigenvalue weighted by Gasteiger charge is -2.08. The predicted molar refractivity (Wildman–Crippen MR) is 64.7 cm³/mol. The van der Waals surface area contributed by atoms with E-state index in [4.69, 9.17) is 0 Å². The maximum atomic E-state index is 11.3. The van der Waals surface area contributed by atoms with Crippen LogP contribution in [0, 0.1) is 5.92 Å². The number of rotatable bonds is 8. The molecule has 0 spiro atoms. The molecule has 0 radical (unpaired) electrons. The lowest BCUT2D eigenvalue weighted by molar-refractivity contribution is -0.121. The Morgan fingerprint density at radius 2 is 2.07 bits per heavy atom. The highest BCUT2D eigenvalue weighted by molar-refractivity contribution is 9.09. The third kappa shape index (κ3) is 8.54. The summed E-state index contributed by atoms with van der Waals surface area (Å²) < 4.78 is 0. The normalized spacial score (nSPS) is 12.5. The van der Waals surface area contributed by atoms with Crippen molar-refractivity contribution in [3.63, 3.8) is 0 Å². The first kappa shape index (κ1) is 13.9. The van der Waals surface area contributed by atoms with E-state index in [0.29, 0.717) is 12.3 Å². The van der Waals surface area contributed by atoms with E-state index in [0.717, 1.165) is 24.7 Å². The Kier molecular flexibility index (Phi) is 9.47. The summed E-state index contributed by atoms with van der Waals surface area (Å²) in [6, 6.07) is 0. The summed E-state index contributed by atoms with van der Waals surface area (Å²) in [5.41, 5.74) is 0. The Labute approximate surface area is 96.0 Å². The van der Waals surface area contributed by atoms with Crippen molar-refractivity contribution in [1.82, 2.24) is 5.32 Å². The second-order valence-electron chi connectivity index (χ2n) is 3.82. The Balaban J connectivity index is 3.27. The van der Waals surface area contributed by atoms with Crippen LogP contribution in [-0.4, -0.2) is 17.8 Å². The van der Waals surface area contributed by atoms with E-state index in [1.165, 1.54) is 12.8 Å². The molecule has 0 bridgehead atoms. The molecule has 2 nitrogen and oxygen atoms in total. The largest absolute Gasteiger partial charge is 0.356 e. The van der Waals surface area contributed by atoms with Crippen LogP contribution in [0.2, 0.25) is 0 Å². The second-order valence-corrected chi connectivity index (χ2v) is 4.61. The van der Waals surface area contributed by atoms with E-state index in [-0.39, 0.29) is 5.91 Å². The van der Waals surface area contributed by atoms with Gasteiger partial charge in [-0.2, -0.15) is 0 Å². The Hall–Kier alpha value is -0.0500. The quantitative estimate of drug-likeness (QED) is 0.529. The van der Waals surface area contributed by atoms with Gasteiger partial charge in [-0.3, -0.25) is 4.79 Å². The molecule has 1 atom stereocenters. The van der Waals surface area contributed by atoms with Crippen molar-refractivity contribution in [2.75, 3.05) is 11.9 Å². The molecule has 0 rings (SSSR count). The van der Waals surface area contributed by atoms with Crippen LogP contribution in [0.4, 0.5) is 0 Å². The summed E-state index contributed by atoms with van der Waals surface area (Å²) in [6.45, 7) is 5.07. The van der Waals surface area contributed by atoms with Crippen molar-refractivity contribution in [2.45, 2.75) is 46.0 Å². The lowest BCUT2D eigenvalue weighted by atomic mass is 10.1. The molecule has 0 aliphatic carbocycles. The number of hydrogen-bond donors (Lipinski definition) is 1. The highest BCUT2D eigenvalue weighted by Gasteiger charge is 2.05. The number of amides is 1. The van der Waals surface area contributed by atoms with Gasteiger partial charge in [0.2, 0.25) is 5.91 Å². The molecule has 0 saturated carbocycles. The molecule has 0 aliphatic heterocycles. The minimum Gasteiger partial charge on any atom is -0.356 e. The SMILES string of the molecule is CCC(C)CC(=O)NCCCCCBr. The number of hydrogen-bond acceptors (Lipinski definition) is 1. The van der Waals surface area contributed by atoms with Gasteiger partial charge in [-0.15, -0.1) is 0 Å². The van der Waals surface area contributed by atoms with Gasteiger partial charge in [-0.05, 0) is 18.8 Å². The van der Waals surface area contributed by atoms with E-state index >= 15 is 0 Å². The molecule has 14 heavy (non-hydrogen) atoms. The lowest BCUT2D eigenvalue weighted by Crippen LogP contribution is -2.25. The first-order chi connectivity index (χ1) is 6.70. The van der Waals surface area contributed by atoms with Gasteiger partial charge in [0.1, 0.15) is 0 Å². The summed E-state index contributed by atoms with van der Waals surface area (Å²) in [5, 5.41) is 4.02. The molecule has 0 aliphatic rings. The van der Waals surface area contributed by atoms with Crippen molar-refractivity contribution < 1.29 is 4.79 Å². The van der Waals surface area contributed by atoms with Gasteiger partial charge in [0.15, 0.2) is 0 Å². The molecule has 0 aromatic carbocycles. The fraction of sp³-hybridized carbons (Fsp3) is 0.909. The highest BCUT2D eigenvalue weighted by atomic mass is 79.9. The van der Waals surface area contributed by atoms with Crippen LogP contribution in [0.25, 0.3) is 0 Å². The molecule has 0 saturated heterocycles. The van der Waals surface area contributed by atoms with Gasteiger partial charge < -0.3 is 5.32 Å². The Bertz CT molecular complexity index is 150. The number of nitrogens with one attached hydrogen (secondary N) is 1. The molecular formula is C11H22BrNO. The minimum atomic E-state index is 0.207. The summed E-state index contributed by atoms with van der Waals surface area (Å²) >= 11 is 3.39. The maximum absolute atomic E-state index is 11.3. The van der Waals surface area contributed by atoms with Crippen LogP contribution in [0.15, 0.2) is 0 Å². The summed E-state index contributed by atoms with van der Waals surface area (Å²) in [6.07, 6.45) is 5.24. The third-order valence-electron chi connectivity index (χ3n) is 2.36. The molecule has 1 N–H and O–H groups in total. The second kappa shape index (κ2) is 9.50. The van der Waals surface area contributed by atoms with Crippen LogP contribution < -0.4 is 5.32 Å². The van der Waals surface area contributed by atoms with Crippen molar-refractivity contribution in [3.8, 4) is 0 Å². The average molecular weight is 264 g/mol. The van der Waals surface area contributed by atoms with Crippen LogP contribution in [-0.2, 0) is 4.79 Å². The Morgan fingerprint density at radius 1 is 1.36 bits per heavy atom. The zero-order valence-electron chi connectivity index (χ0n) is 9.31. The molecular weight excluding hydrogens is 242 g/mol. The van der Waals surface area contributed by atoms with Crippen molar-refractivity contribution >= 4 is 21.8 Å². The van der Waals surface area contributed by atoms with Crippen LogP contribution in [0.1, 0.15) is 46.0 Å². The van der Waals surface area contributed by atoms with Gasteiger partial charge in [0.25, 0.3) is 0 Å². The molecule has 0 heterocycles.